The number of ether oxygens (including phenoxy) is 1. The minimum Gasteiger partial charge on any atom is -0.478 e. The Morgan fingerprint density at radius 3 is 2.09 bits per heavy atom. The molecule has 4 heteroatoms. The Morgan fingerprint density at radius 1 is 1.04 bits per heavy atom. The SMILES string of the molecule is Cc1cc(C)c(NC(=O)C(C)(C)Oc2ccc(F)cc2)c(C)c1. The predicted molar refractivity (Wildman–Crippen MR) is 90.4 cm³/mol. The molecule has 3 nitrogen and oxygen atoms in total. The third kappa shape index (κ3) is 4.09. The zero-order valence-electron chi connectivity index (χ0n) is 14.2. The summed E-state index contributed by atoms with van der Waals surface area (Å²) in [6, 6.07) is 9.67. The molecule has 122 valence electrons. The van der Waals surface area contributed by atoms with Gasteiger partial charge >= 0.3 is 0 Å². The minimum absolute atomic E-state index is 0.253. The Bertz CT molecular complexity index is 698. The number of anilines is 1. The van der Waals surface area contributed by atoms with Crippen LogP contribution >= 0.6 is 0 Å². The maximum absolute atomic E-state index is 13.0. The van der Waals surface area contributed by atoms with E-state index in [0.717, 1.165) is 22.4 Å². The number of hydrogen-bond donors (Lipinski definition) is 1. The summed E-state index contributed by atoms with van der Waals surface area (Å²) in [6.07, 6.45) is 0. The largest absolute Gasteiger partial charge is 0.478 e. The fourth-order valence-corrected chi connectivity index (χ4v) is 2.48. The number of carbonyl (C=O) groups excluding carboxylic acids is 1. The molecule has 0 atom stereocenters. The number of halogens is 1. The number of nitrogens with one attached hydrogen (secondary N) is 1. The molecule has 2 aromatic carbocycles. The Balaban J connectivity index is 2.17. The van der Waals surface area contributed by atoms with Crippen molar-refractivity contribution < 1.29 is 13.9 Å². The summed E-state index contributed by atoms with van der Waals surface area (Å²) in [4.78, 5) is 12.6. The second-order valence-corrected chi connectivity index (χ2v) is 6.29. The van der Waals surface area contributed by atoms with Gasteiger partial charge in [-0.15, -0.1) is 0 Å². The number of carbonyl (C=O) groups is 1. The standard InChI is InChI=1S/C19H22FNO2/c1-12-10-13(2)17(14(3)11-12)21-18(22)19(4,5)23-16-8-6-15(20)7-9-16/h6-11H,1-5H3,(H,21,22). The molecule has 1 amide bonds. The number of amides is 1. The average molecular weight is 315 g/mol. The first kappa shape index (κ1) is 17.0. The lowest BCUT2D eigenvalue weighted by molar-refractivity contribution is -0.128. The van der Waals surface area contributed by atoms with Crippen LogP contribution in [0, 0.1) is 26.6 Å². The van der Waals surface area contributed by atoms with Gasteiger partial charge in [-0.05, 0) is 70.0 Å². The van der Waals surface area contributed by atoms with Crippen molar-refractivity contribution in [3.63, 3.8) is 0 Å². The molecule has 2 aromatic rings. The van der Waals surface area contributed by atoms with Gasteiger partial charge in [0.2, 0.25) is 0 Å². The van der Waals surface area contributed by atoms with Crippen LogP contribution < -0.4 is 10.1 Å². The van der Waals surface area contributed by atoms with E-state index >= 15 is 0 Å². The summed E-state index contributed by atoms with van der Waals surface area (Å²) in [6.45, 7) is 9.31. The zero-order chi connectivity index (χ0) is 17.2. The van der Waals surface area contributed by atoms with Crippen LogP contribution in [0.15, 0.2) is 36.4 Å². The first-order chi connectivity index (χ1) is 10.7. The molecule has 2 rings (SSSR count). The van der Waals surface area contributed by atoms with Gasteiger partial charge in [0.15, 0.2) is 5.60 Å². The molecule has 0 aromatic heterocycles. The van der Waals surface area contributed by atoms with Crippen LogP contribution in [-0.4, -0.2) is 11.5 Å². The summed E-state index contributed by atoms with van der Waals surface area (Å²) in [5, 5.41) is 2.94. The molecule has 23 heavy (non-hydrogen) atoms. The van der Waals surface area contributed by atoms with E-state index in [1.807, 2.05) is 32.9 Å². The van der Waals surface area contributed by atoms with Gasteiger partial charge in [-0.25, -0.2) is 4.39 Å². The lowest BCUT2D eigenvalue weighted by Crippen LogP contribution is -2.42. The molecule has 0 unspecified atom stereocenters. The van der Waals surface area contributed by atoms with Crippen molar-refractivity contribution in [2.45, 2.75) is 40.2 Å². The fraction of sp³-hybridized carbons (Fsp3) is 0.316. The molecule has 0 aliphatic carbocycles. The lowest BCUT2D eigenvalue weighted by Gasteiger charge is -2.26. The van der Waals surface area contributed by atoms with Gasteiger partial charge in [-0.1, -0.05) is 17.7 Å². The summed E-state index contributed by atoms with van der Waals surface area (Å²) < 4.78 is 18.7. The third-order valence-electron chi connectivity index (χ3n) is 3.65. The quantitative estimate of drug-likeness (QED) is 0.899. The maximum Gasteiger partial charge on any atom is 0.267 e. The molecular weight excluding hydrogens is 293 g/mol. The van der Waals surface area contributed by atoms with Crippen molar-refractivity contribution in [3.05, 3.63) is 58.9 Å². The van der Waals surface area contributed by atoms with Crippen LogP contribution in [0.5, 0.6) is 5.75 Å². The molecule has 0 radical (unpaired) electrons. The van der Waals surface area contributed by atoms with Gasteiger partial charge in [-0.3, -0.25) is 4.79 Å². The molecular formula is C19H22FNO2. The van der Waals surface area contributed by atoms with Crippen LogP contribution in [-0.2, 0) is 4.79 Å². The lowest BCUT2D eigenvalue weighted by atomic mass is 10.0. The van der Waals surface area contributed by atoms with Crippen LogP contribution in [0.25, 0.3) is 0 Å². The monoisotopic (exact) mass is 315 g/mol. The normalized spacial score (nSPS) is 11.2. The summed E-state index contributed by atoms with van der Waals surface area (Å²) in [5.41, 5.74) is 2.89. The first-order valence-electron chi connectivity index (χ1n) is 7.53. The van der Waals surface area contributed by atoms with E-state index in [9.17, 15) is 9.18 Å². The summed E-state index contributed by atoms with van der Waals surface area (Å²) >= 11 is 0. The highest BCUT2D eigenvalue weighted by Crippen LogP contribution is 2.25. The molecule has 0 heterocycles. The fourth-order valence-electron chi connectivity index (χ4n) is 2.48. The third-order valence-corrected chi connectivity index (χ3v) is 3.65. The molecule has 1 N–H and O–H groups in total. The molecule has 0 aliphatic heterocycles. The van der Waals surface area contributed by atoms with Crippen molar-refractivity contribution in [3.8, 4) is 5.75 Å². The van der Waals surface area contributed by atoms with Crippen molar-refractivity contribution in [1.82, 2.24) is 0 Å². The summed E-state index contributed by atoms with van der Waals surface area (Å²) in [5.74, 6) is -0.147. The highest BCUT2D eigenvalue weighted by atomic mass is 19.1. The Hall–Kier alpha value is -2.36. The highest BCUT2D eigenvalue weighted by Gasteiger charge is 2.30. The van der Waals surface area contributed by atoms with Crippen molar-refractivity contribution in [1.29, 1.82) is 0 Å². The Kier molecular flexibility index (Phi) is 4.73. The molecule has 0 fully saturated rings. The first-order valence-corrected chi connectivity index (χ1v) is 7.53. The second-order valence-electron chi connectivity index (χ2n) is 6.29. The van der Waals surface area contributed by atoms with Gasteiger partial charge in [0, 0.05) is 5.69 Å². The van der Waals surface area contributed by atoms with E-state index in [-0.39, 0.29) is 11.7 Å². The number of hydrogen-bond acceptors (Lipinski definition) is 2. The van der Waals surface area contributed by atoms with Crippen LogP contribution in [0.3, 0.4) is 0 Å². The molecule has 0 spiro atoms. The van der Waals surface area contributed by atoms with Gasteiger partial charge in [0.25, 0.3) is 5.91 Å². The second kappa shape index (κ2) is 6.41. The highest BCUT2D eigenvalue weighted by molar-refractivity contribution is 5.98. The van der Waals surface area contributed by atoms with Gasteiger partial charge in [0.05, 0.1) is 0 Å². The van der Waals surface area contributed by atoms with E-state index in [1.54, 1.807) is 13.8 Å². The smallest absolute Gasteiger partial charge is 0.267 e. The van der Waals surface area contributed by atoms with E-state index < -0.39 is 5.60 Å². The minimum atomic E-state index is -1.08. The number of benzene rings is 2. The Morgan fingerprint density at radius 2 is 1.57 bits per heavy atom. The predicted octanol–water partition coefficient (Wildman–Crippen LogP) is 4.55. The van der Waals surface area contributed by atoms with E-state index in [0.29, 0.717) is 5.75 Å². The van der Waals surface area contributed by atoms with Crippen LogP contribution in [0.4, 0.5) is 10.1 Å². The Labute approximate surface area is 136 Å². The molecule has 0 saturated carbocycles. The number of aryl methyl sites for hydroxylation is 3. The van der Waals surface area contributed by atoms with Gasteiger partial charge < -0.3 is 10.1 Å². The van der Waals surface area contributed by atoms with Crippen molar-refractivity contribution in [2.24, 2.45) is 0 Å². The van der Waals surface area contributed by atoms with E-state index in [4.69, 9.17) is 4.74 Å². The zero-order valence-corrected chi connectivity index (χ0v) is 14.2. The maximum atomic E-state index is 13.0. The van der Waals surface area contributed by atoms with Crippen molar-refractivity contribution >= 4 is 11.6 Å². The van der Waals surface area contributed by atoms with Crippen LogP contribution in [0.1, 0.15) is 30.5 Å². The van der Waals surface area contributed by atoms with Crippen LogP contribution in [0.2, 0.25) is 0 Å². The topological polar surface area (TPSA) is 38.3 Å². The average Bonchev–Trinajstić information content (AvgIpc) is 2.44. The van der Waals surface area contributed by atoms with Gasteiger partial charge in [-0.2, -0.15) is 0 Å². The molecule has 0 saturated heterocycles. The number of rotatable bonds is 4. The summed E-state index contributed by atoms with van der Waals surface area (Å²) in [7, 11) is 0. The van der Waals surface area contributed by atoms with Crippen molar-refractivity contribution in [2.75, 3.05) is 5.32 Å². The molecule has 0 bridgehead atoms. The van der Waals surface area contributed by atoms with Gasteiger partial charge in [0.1, 0.15) is 11.6 Å². The van der Waals surface area contributed by atoms with E-state index in [2.05, 4.69) is 5.32 Å². The van der Waals surface area contributed by atoms with E-state index in [1.165, 1.54) is 24.3 Å². The molecule has 0 aliphatic rings.